The van der Waals surface area contributed by atoms with Gasteiger partial charge in [0.05, 0.1) is 0 Å². The van der Waals surface area contributed by atoms with Crippen molar-refractivity contribution in [2.45, 2.75) is 44.7 Å². The highest BCUT2D eigenvalue weighted by molar-refractivity contribution is 5.26. The molecule has 0 bridgehead atoms. The normalized spacial score (nSPS) is 22.7. The summed E-state index contributed by atoms with van der Waals surface area (Å²) in [6.07, 6.45) is 2.84. The van der Waals surface area contributed by atoms with E-state index in [2.05, 4.69) is 47.9 Å². The van der Waals surface area contributed by atoms with Crippen molar-refractivity contribution in [1.82, 2.24) is 9.80 Å². The SMILES string of the molecule is CC(C)c1ccc(C(N)CN2CCN(C3CC3)CC2)cc1. The van der Waals surface area contributed by atoms with Crippen LogP contribution in [0.15, 0.2) is 24.3 Å². The zero-order valence-electron chi connectivity index (χ0n) is 13.5. The lowest BCUT2D eigenvalue weighted by Gasteiger charge is -2.36. The Labute approximate surface area is 129 Å². The molecule has 1 heterocycles. The molecule has 1 atom stereocenters. The second kappa shape index (κ2) is 6.47. The second-order valence-electron chi connectivity index (χ2n) is 7.00. The molecule has 1 aliphatic carbocycles. The summed E-state index contributed by atoms with van der Waals surface area (Å²) < 4.78 is 0. The molecule has 1 aliphatic heterocycles. The fraction of sp³-hybridized carbons (Fsp3) is 0.667. The van der Waals surface area contributed by atoms with E-state index in [-0.39, 0.29) is 6.04 Å². The van der Waals surface area contributed by atoms with Gasteiger partial charge in [0.1, 0.15) is 0 Å². The molecule has 2 N–H and O–H groups in total. The molecule has 21 heavy (non-hydrogen) atoms. The van der Waals surface area contributed by atoms with E-state index in [4.69, 9.17) is 5.73 Å². The average Bonchev–Trinajstić information content (AvgIpc) is 3.33. The van der Waals surface area contributed by atoms with Crippen molar-refractivity contribution < 1.29 is 0 Å². The highest BCUT2D eigenvalue weighted by atomic mass is 15.3. The molecule has 2 aliphatic rings. The molecule has 1 unspecified atom stereocenters. The molecule has 2 fully saturated rings. The van der Waals surface area contributed by atoms with Crippen LogP contribution in [0.25, 0.3) is 0 Å². The van der Waals surface area contributed by atoms with Crippen LogP contribution in [0.2, 0.25) is 0 Å². The van der Waals surface area contributed by atoms with Crippen LogP contribution in [0, 0.1) is 0 Å². The van der Waals surface area contributed by atoms with Gasteiger partial charge in [0.2, 0.25) is 0 Å². The molecule has 3 rings (SSSR count). The van der Waals surface area contributed by atoms with E-state index >= 15 is 0 Å². The number of hydrogen-bond acceptors (Lipinski definition) is 3. The number of benzene rings is 1. The molecule has 0 aromatic heterocycles. The minimum Gasteiger partial charge on any atom is -0.323 e. The number of piperazine rings is 1. The topological polar surface area (TPSA) is 32.5 Å². The van der Waals surface area contributed by atoms with E-state index in [9.17, 15) is 0 Å². The van der Waals surface area contributed by atoms with Gasteiger partial charge in [0, 0.05) is 44.8 Å². The molecule has 1 aromatic carbocycles. The average molecular weight is 287 g/mol. The van der Waals surface area contributed by atoms with E-state index in [0.717, 1.165) is 12.6 Å². The Morgan fingerprint density at radius 1 is 1.00 bits per heavy atom. The molecule has 3 nitrogen and oxygen atoms in total. The van der Waals surface area contributed by atoms with Gasteiger partial charge in [-0.25, -0.2) is 0 Å². The van der Waals surface area contributed by atoms with Crippen molar-refractivity contribution in [2.75, 3.05) is 32.7 Å². The van der Waals surface area contributed by atoms with Crippen LogP contribution >= 0.6 is 0 Å². The van der Waals surface area contributed by atoms with Crippen molar-refractivity contribution >= 4 is 0 Å². The lowest BCUT2D eigenvalue weighted by atomic mass is 9.99. The fourth-order valence-corrected chi connectivity index (χ4v) is 3.26. The van der Waals surface area contributed by atoms with Crippen LogP contribution in [0.3, 0.4) is 0 Å². The summed E-state index contributed by atoms with van der Waals surface area (Å²) >= 11 is 0. The molecule has 1 aromatic rings. The van der Waals surface area contributed by atoms with E-state index in [0.29, 0.717) is 5.92 Å². The van der Waals surface area contributed by atoms with E-state index < -0.39 is 0 Å². The third kappa shape index (κ3) is 3.85. The Balaban J connectivity index is 1.50. The molecular formula is C18H29N3. The standard InChI is InChI=1S/C18H29N3/c1-14(2)15-3-5-16(6-4-15)18(19)13-20-9-11-21(12-10-20)17-7-8-17/h3-6,14,17-18H,7-13,19H2,1-2H3. The van der Waals surface area contributed by atoms with E-state index in [1.165, 1.54) is 50.1 Å². The van der Waals surface area contributed by atoms with Crippen LogP contribution in [-0.2, 0) is 0 Å². The zero-order valence-corrected chi connectivity index (χ0v) is 13.5. The predicted octanol–water partition coefficient (Wildman–Crippen LogP) is 2.59. The molecule has 1 saturated heterocycles. The highest BCUT2D eigenvalue weighted by Gasteiger charge is 2.31. The Bertz CT molecular complexity index is 442. The third-order valence-electron chi connectivity index (χ3n) is 4.96. The van der Waals surface area contributed by atoms with Crippen molar-refractivity contribution in [1.29, 1.82) is 0 Å². The number of hydrogen-bond donors (Lipinski definition) is 1. The first-order valence-corrected chi connectivity index (χ1v) is 8.45. The first kappa shape index (κ1) is 15.0. The van der Waals surface area contributed by atoms with Gasteiger partial charge in [-0.3, -0.25) is 9.80 Å². The van der Waals surface area contributed by atoms with Crippen LogP contribution in [0.5, 0.6) is 0 Å². The third-order valence-corrected chi connectivity index (χ3v) is 4.96. The zero-order chi connectivity index (χ0) is 14.8. The monoisotopic (exact) mass is 287 g/mol. The Kier molecular flexibility index (Phi) is 4.63. The molecule has 116 valence electrons. The van der Waals surface area contributed by atoms with Gasteiger partial charge in [-0.05, 0) is 29.9 Å². The number of nitrogens with zero attached hydrogens (tertiary/aromatic N) is 2. The Morgan fingerprint density at radius 3 is 2.10 bits per heavy atom. The highest BCUT2D eigenvalue weighted by Crippen LogP contribution is 2.27. The maximum absolute atomic E-state index is 6.40. The van der Waals surface area contributed by atoms with Crippen molar-refractivity contribution in [3.63, 3.8) is 0 Å². The van der Waals surface area contributed by atoms with Gasteiger partial charge < -0.3 is 5.73 Å². The molecule has 0 spiro atoms. The lowest BCUT2D eigenvalue weighted by molar-refractivity contribution is 0.121. The van der Waals surface area contributed by atoms with Gasteiger partial charge in [0.15, 0.2) is 0 Å². The van der Waals surface area contributed by atoms with Gasteiger partial charge >= 0.3 is 0 Å². The van der Waals surface area contributed by atoms with Gasteiger partial charge in [-0.1, -0.05) is 38.1 Å². The van der Waals surface area contributed by atoms with Gasteiger partial charge in [0.25, 0.3) is 0 Å². The first-order chi connectivity index (χ1) is 10.1. The van der Waals surface area contributed by atoms with Crippen molar-refractivity contribution in [3.8, 4) is 0 Å². The van der Waals surface area contributed by atoms with Crippen LogP contribution in [0.4, 0.5) is 0 Å². The number of nitrogens with two attached hydrogens (primary N) is 1. The van der Waals surface area contributed by atoms with Crippen LogP contribution < -0.4 is 5.73 Å². The van der Waals surface area contributed by atoms with Crippen molar-refractivity contribution in [2.24, 2.45) is 5.73 Å². The smallest absolute Gasteiger partial charge is 0.0424 e. The summed E-state index contributed by atoms with van der Waals surface area (Å²) in [6.45, 7) is 10.2. The summed E-state index contributed by atoms with van der Waals surface area (Å²) in [6, 6.07) is 9.92. The van der Waals surface area contributed by atoms with Crippen molar-refractivity contribution in [3.05, 3.63) is 35.4 Å². The molecule has 3 heteroatoms. The summed E-state index contributed by atoms with van der Waals surface area (Å²) in [5, 5.41) is 0. The van der Waals surface area contributed by atoms with Crippen LogP contribution in [0.1, 0.15) is 49.8 Å². The molecule has 0 amide bonds. The van der Waals surface area contributed by atoms with Crippen LogP contribution in [-0.4, -0.2) is 48.6 Å². The summed E-state index contributed by atoms with van der Waals surface area (Å²) in [5.74, 6) is 0.589. The van der Waals surface area contributed by atoms with E-state index in [1.807, 2.05) is 0 Å². The van der Waals surface area contributed by atoms with E-state index in [1.54, 1.807) is 0 Å². The summed E-state index contributed by atoms with van der Waals surface area (Å²) in [4.78, 5) is 5.18. The second-order valence-corrected chi connectivity index (χ2v) is 7.00. The first-order valence-electron chi connectivity index (χ1n) is 8.45. The maximum atomic E-state index is 6.40. The van der Waals surface area contributed by atoms with Gasteiger partial charge in [-0.2, -0.15) is 0 Å². The Hall–Kier alpha value is -0.900. The largest absolute Gasteiger partial charge is 0.323 e. The minimum atomic E-state index is 0.138. The lowest BCUT2D eigenvalue weighted by Crippen LogP contribution is -2.48. The fourth-order valence-electron chi connectivity index (χ4n) is 3.26. The Morgan fingerprint density at radius 2 is 1.57 bits per heavy atom. The number of rotatable bonds is 5. The van der Waals surface area contributed by atoms with Gasteiger partial charge in [-0.15, -0.1) is 0 Å². The summed E-state index contributed by atoms with van der Waals surface area (Å²) in [5.41, 5.74) is 9.06. The minimum absolute atomic E-state index is 0.138. The maximum Gasteiger partial charge on any atom is 0.0424 e. The predicted molar refractivity (Wildman–Crippen MR) is 88.5 cm³/mol. The quantitative estimate of drug-likeness (QED) is 0.903. The molecule has 1 saturated carbocycles. The molecular weight excluding hydrogens is 258 g/mol. The summed E-state index contributed by atoms with van der Waals surface area (Å²) in [7, 11) is 0. The molecule has 0 radical (unpaired) electrons.